The lowest BCUT2D eigenvalue weighted by molar-refractivity contribution is -0.144. The van der Waals surface area contributed by atoms with Crippen LogP contribution >= 0.6 is 0 Å². The lowest BCUT2D eigenvalue weighted by Gasteiger charge is -2.27. The van der Waals surface area contributed by atoms with Gasteiger partial charge in [-0.15, -0.1) is 0 Å². The number of hydrogen-bond donors (Lipinski definition) is 7. The van der Waals surface area contributed by atoms with Gasteiger partial charge in [0.2, 0.25) is 17.7 Å². The molecule has 0 rings (SSSR count). The van der Waals surface area contributed by atoms with Crippen LogP contribution in [0, 0.1) is 11.8 Å². The summed E-state index contributed by atoms with van der Waals surface area (Å²) in [5.74, 6) is -2.85. The summed E-state index contributed by atoms with van der Waals surface area (Å²) in [7, 11) is 0. The fraction of sp³-hybridized carbons (Fsp3) is 0.833. The van der Waals surface area contributed by atoms with Gasteiger partial charge in [0.15, 0.2) is 0 Å². The van der Waals surface area contributed by atoms with Crippen molar-refractivity contribution in [3.05, 3.63) is 0 Å². The van der Waals surface area contributed by atoms with Gasteiger partial charge in [-0.05, 0) is 63.5 Å². The molecule has 0 aliphatic carbocycles. The first-order chi connectivity index (χ1) is 16.5. The second kappa shape index (κ2) is 18.1. The molecule has 204 valence electrons. The third kappa shape index (κ3) is 13.4. The molecule has 0 aromatic carbocycles. The first-order valence-corrected chi connectivity index (χ1v) is 12.8. The van der Waals surface area contributed by atoms with Gasteiger partial charge in [0, 0.05) is 0 Å². The molecule has 35 heavy (non-hydrogen) atoms. The van der Waals surface area contributed by atoms with E-state index in [2.05, 4.69) is 16.0 Å². The zero-order valence-corrected chi connectivity index (χ0v) is 21.8. The van der Waals surface area contributed by atoms with Crippen molar-refractivity contribution >= 4 is 23.7 Å². The van der Waals surface area contributed by atoms with Crippen molar-refractivity contribution < 1.29 is 24.3 Å². The lowest BCUT2D eigenvalue weighted by atomic mass is 9.98. The molecular weight excluding hydrogens is 452 g/mol. The Morgan fingerprint density at radius 1 is 0.771 bits per heavy atom. The van der Waals surface area contributed by atoms with E-state index in [0.29, 0.717) is 58.0 Å². The molecule has 0 fully saturated rings. The summed E-state index contributed by atoms with van der Waals surface area (Å²) in [6.07, 6.45) is 4.35. The minimum Gasteiger partial charge on any atom is -0.480 e. The van der Waals surface area contributed by atoms with Crippen molar-refractivity contribution in [1.82, 2.24) is 16.0 Å². The molecular formula is C24H48N6O5. The number of amides is 3. The number of nitrogens with one attached hydrogen (secondary N) is 3. The largest absolute Gasteiger partial charge is 0.480 e. The van der Waals surface area contributed by atoms with Crippen LogP contribution in [0.25, 0.3) is 0 Å². The van der Waals surface area contributed by atoms with E-state index in [4.69, 9.17) is 17.2 Å². The molecule has 0 aliphatic heterocycles. The van der Waals surface area contributed by atoms with Gasteiger partial charge in [-0.1, -0.05) is 40.5 Å². The van der Waals surface area contributed by atoms with Crippen LogP contribution in [-0.4, -0.2) is 66.1 Å². The van der Waals surface area contributed by atoms with Crippen molar-refractivity contribution in [1.29, 1.82) is 0 Å². The van der Waals surface area contributed by atoms with Crippen LogP contribution in [-0.2, 0) is 19.2 Å². The van der Waals surface area contributed by atoms with E-state index in [1.165, 1.54) is 0 Å². The van der Waals surface area contributed by atoms with Gasteiger partial charge < -0.3 is 38.3 Å². The molecule has 0 saturated carbocycles. The number of nitrogens with two attached hydrogens (primary N) is 3. The Morgan fingerprint density at radius 2 is 1.29 bits per heavy atom. The molecule has 0 spiro atoms. The summed E-state index contributed by atoms with van der Waals surface area (Å²) in [6, 6.07) is -3.67. The Kier molecular flexibility index (Phi) is 16.9. The Labute approximate surface area is 209 Å². The smallest absolute Gasteiger partial charge is 0.326 e. The molecule has 0 saturated heterocycles. The third-order valence-corrected chi connectivity index (χ3v) is 6.00. The first-order valence-electron chi connectivity index (χ1n) is 12.8. The zero-order chi connectivity index (χ0) is 27.0. The molecule has 0 aromatic heterocycles. The maximum absolute atomic E-state index is 13.2. The summed E-state index contributed by atoms with van der Waals surface area (Å²) in [5.41, 5.74) is 17.0. The van der Waals surface area contributed by atoms with E-state index >= 15 is 0 Å². The second-order valence-electron chi connectivity index (χ2n) is 9.64. The molecule has 0 heterocycles. The molecule has 11 heteroatoms. The van der Waals surface area contributed by atoms with Gasteiger partial charge in [0.1, 0.15) is 18.1 Å². The van der Waals surface area contributed by atoms with Gasteiger partial charge >= 0.3 is 5.97 Å². The number of rotatable bonds is 19. The van der Waals surface area contributed by atoms with Crippen molar-refractivity contribution in [3.8, 4) is 0 Å². The van der Waals surface area contributed by atoms with Crippen LogP contribution in [0.4, 0.5) is 0 Å². The van der Waals surface area contributed by atoms with Gasteiger partial charge in [-0.3, -0.25) is 14.4 Å². The van der Waals surface area contributed by atoms with Crippen LogP contribution < -0.4 is 33.2 Å². The summed E-state index contributed by atoms with van der Waals surface area (Å²) in [6.45, 7) is 8.37. The molecule has 0 aliphatic rings. The number of aliphatic carboxylic acids is 1. The monoisotopic (exact) mass is 500 g/mol. The number of carbonyl (C=O) groups is 4. The summed E-state index contributed by atoms with van der Waals surface area (Å²) >= 11 is 0. The average molecular weight is 501 g/mol. The highest BCUT2D eigenvalue weighted by Crippen LogP contribution is 2.11. The first kappa shape index (κ1) is 32.8. The van der Waals surface area contributed by atoms with Gasteiger partial charge in [-0.25, -0.2) is 4.79 Å². The molecule has 0 aromatic rings. The number of hydrogen-bond acceptors (Lipinski definition) is 7. The predicted octanol–water partition coefficient (Wildman–Crippen LogP) is 0.203. The van der Waals surface area contributed by atoms with E-state index in [9.17, 15) is 24.3 Å². The van der Waals surface area contributed by atoms with Crippen molar-refractivity contribution in [2.45, 2.75) is 103 Å². The van der Waals surface area contributed by atoms with Crippen molar-refractivity contribution in [2.75, 3.05) is 13.1 Å². The molecule has 5 unspecified atom stereocenters. The highest BCUT2D eigenvalue weighted by atomic mass is 16.4. The minimum absolute atomic E-state index is 0.0887. The highest BCUT2D eigenvalue weighted by molar-refractivity contribution is 5.94. The fourth-order valence-corrected chi connectivity index (χ4v) is 3.59. The maximum atomic E-state index is 13.2. The van der Waals surface area contributed by atoms with Gasteiger partial charge in [-0.2, -0.15) is 0 Å². The Balaban J connectivity index is 5.48. The standard InChI is InChI=1S/C24H48N6O5/c1-5-16(4)20(24(34)35)30-22(32)18(11-7-9-13-26)28-23(33)19(14-15(2)3)29-21(31)17(27)10-6-8-12-25/h15-20H,5-14,25-27H2,1-4H3,(H,28,33)(H,29,31)(H,30,32)(H,34,35). The van der Waals surface area contributed by atoms with Gasteiger partial charge in [0.25, 0.3) is 0 Å². The van der Waals surface area contributed by atoms with Crippen LogP contribution in [0.3, 0.4) is 0 Å². The molecule has 5 atom stereocenters. The number of carboxylic acids is 1. The third-order valence-electron chi connectivity index (χ3n) is 6.00. The van der Waals surface area contributed by atoms with E-state index in [0.717, 1.165) is 6.42 Å². The number of unbranched alkanes of at least 4 members (excludes halogenated alkanes) is 2. The van der Waals surface area contributed by atoms with E-state index in [1.807, 2.05) is 20.8 Å². The van der Waals surface area contributed by atoms with Crippen LogP contribution in [0.5, 0.6) is 0 Å². The summed E-state index contributed by atoms with van der Waals surface area (Å²) < 4.78 is 0. The summed E-state index contributed by atoms with van der Waals surface area (Å²) in [5, 5.41) is 17.5. The van der Waals surface area contributed by atoms with E-state index < -0.39 is 47.9 Å². The lowest BCUT2D eigenvalue weighted by Crippen LogP contribution is -2.57. The molecule has 11 nitrogen and oxygen atoms in total. The topological polar surface area (TPSA) is 203 Å². The van der Waals surface area contributed by atoms with Crippen LogP contribution in [0.1, 0.15) is 79.1 Å². The zero-order valence-electron chi connectivity index (χ0n) is 21.8. The normalized spacial score (nSPS) is 15.5. The SMILES string of the molecule is CCC(C)C(NC(=O)C(CCCCN)NC(=O)C(CC(C)C)NC(=O)C(N)CCCCN)C(=O)O. The van der Waals surface area contributed by atoms with Crippen molar-refractivity contribution in [2.24, 2.45) is 29.0 Å². The Hall–Kier alpha value is -2.24. The molecule has 10 N–H and O–H groups in total. The van der Waals surface area contributed by atoms with E-state index in [-0.39, 0.29) is 11.8 Å². The molecule has 0 bridgehead atoms. The Morgan fingerprint density at radius 3 is 1.77 bits per heavy atom. The fourth-order valence-electron chi connectivity index (χ4n) is 3.59. The average Bonchev–Trinajstić information content (AvgIpc) is 2.80. The molecule has 3 amide bonds. The number of carbonyl (C=O) groups excluding carboxylic acids is 3. The summed E-state index contributed by atoms with van der Waals surface area (Å²) in [4.78, 5) is 50.4. The molecule has 0 radical (unpaired) electrons. The maximum Gasteiger partial charge on any atom is 0.326 e. The van der Waals surface area contributed by atoms with E-state index in [1.54, 1.807) is 6.92 Å². The van der Waals surface area contributed by atoms with Gasteiger partial charge in [0.05, 0.1) is 6.04 Å². The van der Waals surface area contributed by atoms with Crippen LogP contribution in [0.2, 0.25) is 0 Å². The van der Waals surface area contributed by atoms with Crippen molar-refractivity contribution in [3.63, 3.8) is 0 Å². The Bertz CT molecular complexity index is 660. The highest BCUT2D eigenvalue weighted by Gasteiger charge is 2.32. The number of carboxylic acid groups (broad SMARTS) is 1. The second-order valence-corrected chi connectivity index (χ2v) is 9.64. The van der Waals surface area contributed by atoms with Crippen LogP contribution in [0.15, 0.2) is 0 Å². The quantitative estimate of drug-likeness (QED) is 0.122. The minimum atomic E-state index is -1.13. The predicted molar refractivity (Wildman–Crippen MR) is 136 cm³/mol.